The second kappa shape index (κ2) is 5.79. The summed E-state index contributed by atoms with van der Waals surface area (Å²) in [7, 11) is -1.02. The van der Waals surface area contributed by atoms with Gasteiger partial charge in [0, 0.05) is 0 Å². The van der Waals surface area contributed by atoms with Crippen LogP contribution in [-0.4, -0.2) is 13.7 Å². The number of hydrogen-bond acceptors (Lipinski definition) is 1. The summed E-state index contributed by atoms with van der Waals surface area (Å²) in [5, 5.41) is 0. The monoisotopic (exact) mass is 304 g/mol. The van der Waals surface area contributed by atoms with Crippen molar-refractivity contribution in [2.45, 2.75) is 83.2 Å². The van der Waals surface area contributed by atoms with E-state index in [1.807, 2.05) is 0 Å². The van der Waals surface area contributed by atoms with Crippen molar-refractivity contribution in [1.29, 1.82) is 0 Å². The molecule has 1 unspecified atom stereocenters. The maximum absolute atomic E-state index is 6.48. The molecule has 1 nitrogen and oxygen atoms in total. The van der Waals surface area contributed by atoms with Crippen LogP contribution in [0.3, 0.4) is 0 Å². The van der Waals surface area contributed by atoms with Crippen LogP contribution in [0, 0.1) is 0 Å². The summed E-state index contributed by atoms with van der Waals surface area (Å²) >= 11 is 0. The Balaban J connectivity index is 2.13. The van der Waals surface area contributed by atoms with Crippen LogP contribution in [-0.2, 0) is 5.41 Å². The molecular weight excluding hydrogens is 272 g/mol. The van der Waals surface area contributed by atoms with Crippen molar-refractivity contribution in [3.05, 3.63) is 29.8 Å². The fourth-order valence-corrected chi connectivity index (χ4v) is 7.06. The molecule has 1 aromatic rings. The van der Waals surface area contributed by atoms with Gasteiger partial charge in [-0.25, -0.2) is 0 Å². The number of hydrogen-bond donors (Lipinski definition) is 0. The molecular formula is C19H32OSi. The summed E-state index contributed by atoms with van der Waals surface area (Å²) in [5.41, 5.74) is 1.77. The van der Waals surface area contributed by atoms with Gasteiger partial charge in [-0.05, 0) is 48.4 Å². The molecule has 1 saturated heterocycles. The van der Waals surface area contributed by atoms with Crippen LogP contribution in [0.1, 0.15) is 52.5 Å². The molecule has 0 bridgehead atoms. The molecule has 0 N–H and O–H groups in total. The lowest BCUT2D eigenvalue weighted by molar-refractivity contribution is 0.0883. The van der Waals surface area contributed by atoms with Gasteiger partial charge in [-0.15, -0.1) is 0 Å². The van der Waals surface area contributed by atoms with Gasteiger partial charge in [-0.2, -0.15) is 0 Å². The Morgan fingerprint density at radius 1 is 1.14 bits per heavy atom. The molecule has 1 aliphatic heterocycles. The van der Waals surface area contributed by atoms with Crippen molar-refractivity contribution in [2.24, 2.45) is 0 Å². The van der Waals surface area contributed by atoms with Gasteiger partial charge < -0.3 is 4.74 Å². The van der Waals surface area contributed by atoms with E-state index in [1.54, 1.807) is 0 Å². The Labute approximate surface area is 132 Å². The first-order valence-corrected chi connectivity index (χ1v) is 11.9. The lowest BCUT2D eigenvalue weighted by atomic mass is 9.82. The molecule has 2 rings (SSSR count). The van der Waals surface area contributed by atoms with Gasteiger partial charge in [-0.3, -0.25) is 0 Å². The van der Waals surface area contributed by atoms with Gasteiger partial charge in [0.05, 0.1) is 8.07 Å². The zero-order chi connectivity index (χ0) is 15.7. The normalized spacial score (nSPS) is 25.0. The fourth-order valence-electron chi connectivity index (χ4n) is 3.50. The van der Waals surface area contributed by atoms with Gasteiger partial charge in [0.15, 0.2) is 0 Å². The van der Waals surface area contributed by atoms with Crippen molar-refractivity contribution in [3.8, 4) is 5.75 Å². The van der Waals surface area contributed by atoms with Crippen LogP contribution in [0.4, 0.5) is 0 Å². The third-order valence-corrected chi connectivity index (χ3v) is 8.76. The number of rotatable bonds is 5. The lowest BCUT2D eigenvalue weighted by Crippen LogP contribution is -2.35. The van der Waals surface area contributed by atoms with Crippen molar-refractivity contribution in [3.63, 3.8) is 0 Å². The Morgan fingerprint density at radius 3 is 2.19 bits per heavy atom. The lowest BCUT2D eigenvalue weighted by Gasteiger charge is -2.31. The van der Waals surface area contributed by atoms with E-state index < -0.39 is 8.07 Å². The van der Waals surface area contributed by atoms with E-state index in [1.165, 1.54) is 24.1 Å². The summed E-state index contributed by atoms with van der Waals surface area (Å²) < 4.78 is 6.48. The summed E-state index contributed by atoms with van der Waals surface area (Å²) in [6.07, 6.45) is 3.53. The molecule has 1 atom stereocenters. The van der Waals surface area contributed by atoms with E-state index in [2.05, 4.69) is 65.1 Å². The van der Waals surface area contributed by atoms with E-state index in [9.17, 15) is 0 Å². The Hall–Kier alpha value is -0.763. The molecule has 0 radical (unpaired) electrons. The highest BCUT2D eigenvalue weighted by atomic mass is 28.3. The largest absolute Gasteiger partial charge is 0.488 e. The van der Waals surface area contributed by atoms with Crippen LogP contribution in [0.5, 0.6) is 5.75 Å². The zero-order valence-electron chi connectivity index (χ0n) is 14.8. The van der Waals surface area contributed by atoms with E-state index in [0.717, 1.165) is 18.6 Å². The average molecular weight is 305 g/mol. The van der Waals surface area contributed by atoms with Crippen molar-refractivity contribution in [1.82, 2.24) is 0 Å². The third kappa shape index (κ3) is 3.71. The van der Waals surface area contributed by atoms with Crippen LogP contribution < -0.4 is 4.74 Å². The standard InChI is InChI=1S/C19H32OSi/c1-7-18(3,4)16-9-11-17(12-10-16)20-19(8-2)13-14-21(5,6)15-19/h9-12H,7-8,13-15H2,1-6H3. The van der Waals surface area contributed by atoms with Gasteiger partial charge in [0.25, 0.3) is 0 Å². The quantitative estimate of drug-likeness (QED) is 0.605. The van der Waals surface area contributed by atoms with Crippen molar-refractivity contribution < 1.29 is 4.74 Å². The zero-order valence-corrected chi connectivity index (χ0v) is 15.8. The van der Waals surface area contributed by atoms with Crippen LogP contribution in [0.25, 0.3) is 0 Å². The highest BCUT2D eigenvalue weighted by Crippen LogP contribution is 2.43. The van der Waals surface area contributed by atoms with E-state index >= 15 is 0 Å². The van der Waals surface area contributed by atoms with E-state index in [-0.39, 0.29) is 11.0 Å². The molecule has 0 amide bonds. The third-order valence-electron chi connectivity index (χ3n) is 5.56. The fraction of sp³-hybridized carbons (Fsp3) is 0.684. The summed E-state index contributed by atoms with van der Waals surface area (Å²) in [4.78, 5) is 0. The molecule has 1 aliphatic rings. The first kappa shape index (κ1) is 16.6. The molecule has 0 aliphatic carbocycles. The maximum Gasteiger partial charge on any atom is 0.120 e. The van der Waals surface area contributed by atoms with Gasteiger partial charge in [0.1, 0.15) is 11.4 Å². The Bertz CT molecular complexity index is 475. The van der Waals surface area contributed by atoms with Crippen molar-refractivity contribution in [2.75, 3.05) is 0 Å². The van der Waals surface area contributed by atoms with Gasteiger partial charge >= 0.3 is 0 Å². The molecule has 21 heavy (non-hydrogen) atoms. The molecule has 1 heterocycles. The second-order valence-corrected chi connectivity index (χ2v) is 13.4. The predicted molar refractivity (Wildman–Crippen MR) is 95.1 cm³/mol. The molecule has 0 saturated carbocycles. The highest BCUT2D eigenvalue weighted by Gasteiger charge is 2.44. The summed E-state index contributed by atoms with van der Waals surface area (Å²) in [5.74, 6) is 1.05. The minimum Gasteiger partial charge on any atom is -0.488 e. The number of ether oxygens (including phenoxy) is 1. The average Bonchev–Trinajstić information content (AvgIpc) is 2.75. The first-order chi connectivity index (χ1) is 9.72. The maximum atomic E-state index is 6.48. The number of benzene rings is 1. The topological polar surface area (TPSA) is 9.23 Å². The highest BCUT2D eigenvalue weighted by molar-refractivity contribution is 6.78. The molecule has 2 heteroatoms. The minimum absolute atomic E-state index is 0.109. The van der Waals surface area contributed by atoms with Crippen LogP contribution in [0.15, 0.2) is 24.3 Å². The van der Waals surface area contributed by atoms with Crippen LogP contribution in [0.2, 0.25) is 25.2 Å². The van der Waals surface area contributed by atoms with Crippen LogP contribution >= 0.6 is 0 Å². The molecule has 0 aromatic heterocycles. The minimum atomic E-state index is -1.02. The molecule has 118 valence electrons. The molecule has 1 fully saturated rings. The van der Waals surface area contributed by atoms with Crippen molar-refractivity contribution >= 4 is 8.07 Å². The van der Waals surface area contributed by atoms with E-state index in [0.29, 0.717) is 0 Å². The first-order valence-electron chi connectivity index (χ1n) is 8.52. The predicted octanol–water partition coefficient (Wildman–Crippen LogP) is 6.01. The van der Waals surface area contributed by atoms with Gasteiger partial charge in [0.2, 0.25) is 0 Å². The Morgan fingerprint density at radius 2 is 1.76 bits per heavy atom. The van der Waals surface area contributed by atoms with Gasteiger partial charge in [-0.1, -0.05) is 59.0 Å². The molecule has 0 spiro atoms. The second-order valence-electron chi connectivity index (χ2n) is 8.24. The van der Waals surface area contributed by atoms with E-state index in [4.69, 9.17) is 4.74 Å². The SMILES string of the molecule is CCC1(Oc2ccc(C(C)(C)CC)cc2)CC[Si](C)(C)C1. The molecule has 1 aromatic carbocycles. The summed E-state index contributed by atoms with van der Waals surface area (Å²) in [6, 6.07) is 11.6. The smallest absolute Gasteiger partial charge is 0.120 e. The summed E-state index contributed by atoms with van der Waals surface area (Å²) in [6.45, 7) is 14.1. The Kier molecular flexibility index (Phi) is 4.58.